The molecule has 4 rings (SSSR count). The summed E-state index contributed by atoms with van der Waals surface area (Å²) in [5.41, 5.74) is 2.80. The Labute approximate surface area is 164 Å². The minimum absolute atomic E-state index is 0.0141. The highest BCUT2D eigenvalue weighted by Crippen LogP contribution is 2.24. The van der Waals surface area contributed by atoms with Crippen LogP contribution in [0.5, 0.6) is 0 Å². The smallest absolute Gasteiger partial charge is 0.272 e. The number of hydrogen-bond acceptors (Lipinski definition) is 4. The summed E-state index contributed by atoms with van der Waals surface area (Å²) in [6.45, 7) is 0. The lowest BCUT2D eigenvalue weighted by Crippen LogP contribution is -2.38. The van der Waals surface area contributed by atoms with Crippen LogP contribution in [0.1, 0.15) is 16.9 Å². The van der Waals surface area contributed by atoms with Gasteiger partial charge in [0.05, 0.1) is 22.9 Å². The summed E-state index contributed by atoms with van der Waals surface area (Å²) in [5, 5.41) is 4.66. The topological polar surface area (TPSA) is 72.3 Å². The van der Waals surface area contributed by atoms with Gasteiger partial charge in [-0.15, -0.1) is 0 Å². The standard InChI is InChI=1S/C21H21N3O3S/c1-23(18-12-13-28(26,27)15-18)21(25)20-14-19(16-8-4-2-5-9-16)22-24(20)17-10-6-3-7-11-17/h2-11,14,18H,12-13,15H2,1H3. The minimum Gasteiger partial charge on any atom is -0.336 e. The summed E-state index contributed by atoms with van der Waals surface area (Å²) < 4.78 is 25.3. The van der Waals surface area contributed by atoms with Crippen LogP contribution in [0.25, 0.3) is 16.9 Å². The lowest BCUT2D eigenvalue weighted by Gasteiger charge is -2.23. The van der Waals surface area contributed by atoms with Crippen LogP contribution in [-0.2, 0) is 9.84 Å². The number of aromatic nitrogens is 2. The molecule has 1 amide bonds. The predicted molar refractivity (Wildman–Crippen MR) is 108 cm³/mol. The van der Waals surface area contributed by atoms with Crippen molar-refractivity contribution >= 4 is 15.7 Å². The van der Waals surface area contributed by atoms with Gasteiger partial charge in [-0.1, -0.05) is 48.5 Å². The van der Waals surface area contributed by atoms with E-state index in [1.807, 2.05) is 60.7 Å². The summed E-state index contributed by atoms with van der Waals surface area (Å²) in [7, 11) is -1.41. The second-order valence-corrected chi connectivity index (χ2v) is 9.23. The predicted octanol–water partition coefficient (Wildman–Crippen LogP) is 2.80. The fourth-order valence-electron chi connectivity index (χ4n) is 3.48. The Balaban J connectivity index is 1.74. The second-order valence-electron chi connectivity index (χ2n) is 7.00. The van der Waals surface area contributed by atoms with Crippen LogP contribution in [0.15, 0.2) is 66.7 Å². The van der Waals surface area contributed by atoms with Crippen LogP contribution in [0.4, 0.5) is 0 Å². The molecule has 0 radical (unpaired) electrons. The van der Waals surface area contributed by atoms with E-state index in [-0.39, 0.29) is 23.5 Å². The third-order valence-electron chi connectivity index (χ3n) is 5.08. The maximum absolute atomic E-state index is 13.3. The van der Waals surface area contributed by atoms with Gasteiger partial charge in [-0.05, 0) is 24.6 Å². The zero-order chi connectivity index (χ0) is 19.7. The lowest BCUT2D eigenvalue weighted by atomic mass is 10.1. The van der Waals surface area contributed by atoms with E-state index >= 15 is 0 Å². The van der Waals surface area contributed by atoms with E-state index in [0.29, 0.717) is 17.8 Å². The number of amides is 1. The molecular weight excluding hydrogens is 374 g/mol. The van der Waals surface area contributed by atoms with E-state index in [1.54, 1.807) is 17.8 Å². The van der Waals surface area contributed by atoms with E-state index in [2.05, 4.69) is 5.10 Å². The summed E-state index contributed by atoms with van der Waals surface area (Å²) in [6.07, 6.45) is 0.468. The third kappa shape index (κ3) is 3.57. The van der Waals surface area contributed by atoms with Gasteiger partial charge in [0.15, 0.2) is 9.84 Å². The first-order valence-electron chi connectivity index (χ1n) is 9.13. The third-order valence-corrected chi connectivity index (χ3v) is 6.83. The Morgan fingerprint density at radius 1 is 1.07 bits per heavy atom. The lowest BCUT2D eigenvalue weighted by molar-refractivity contribution is 0.0738. The normalized spacial score (nSPS) is 18.1. The Morgan fingerprint density at radius 2 is 1.71 bits per heavy atom. The van der Waals surface area contributed by atoms with Gasteiger partial charge >= 0.3 is 0 Å². The first-order chi connectivity index (χ1) is 13.4. The van der Waals surface area contributed by atoms with Crippen molar-refractivity contribution in [3.05, 3.63) is 72.4 Å². The molecule has 2 aromatic carbocycles. The quantitative estimate of drug-likeness (QED) is 0.681. The van der Waals surface area contributed by atoms with Gasteiger partial charge < -0.3 is 4.90 Å². The van der Waals surface area contributed by atoms with Crippen molar-refractivity contribution in [1.29, 1.82) is 0 Å². The van der Waals surface area contributed by atoms with E-state index in [1.165, 1.54) is 4.90 Å². The van der Waals surface area contributed by atoms with Gasteiger partial charge in [-0.3, -0.25) is 4.79 Å². The number of para-hydroxylation sites is 1. The van der Waals surface area contributed by atoms with Crippen molar-refractivity contribution in [2.45, 2.75) is 12.5 Å². The average Bonchev–Trinajstić information content (AvgIpc) is 3.32. The Bertz CT molecular complexity index is 1090. The van der Waals surface area contributed by atoms with Gasteiger partial charge in [-0.2, -0.15) is 5.10 Å². The first kappa shape index (κ1) is 18.4. The van der Waals surface area contributed by atoms with Crippen LogP contribution < -0.4 is 0 Å². The van der Waals surface area contributed by atoms with Gasteiger partial charge in [0.1, 0.15) is 5.69 Å². The number of carbonyl (C=O) groups is 1. The maximum Gasteiger partial charge on any atom is 0.272 e. The molecule has 1 saturated heterocycles. The Morgan fingerprint density at radius 3 is 2.32 bits per heavy atom. The number of sulfone groups is 1. The molecule has 0 bridgehead atoms. The van der Waals surface area contributed by atoms with Gasteiger partial charge in [0, 0.05) is 18.7 Å². The van der Waals surface area contributed by atoms with E-state index in [0.717, 1.165) is 11.3 Å². The molecule has 1 aliphatic heterocycles. The van der Waals surface area contributed by atoms with Gasteiger partial charge in [0.25, 0.3) is 5.91 Å². The fourth-order valence-corrected chi connectivity index (χ4v) is 5.25. The summed E-state index contributed by atoms with van der Waals surface area (Å²) in [4.78, 5) is 14.8. The van der Waals surface area contributed by atoms with Gasteiger partial charge in [0.2, 0.25) is 0 Å². The van der Waals surface area contributed by atoms with Crippen LogP contribution in [0.3, 0.4) is 0 Å². The van der Waals surface area contributed by atoms with Crippen LogP contribution >= 0.6 is 0 Å². The average molecular weight is 395 g/mol. The number of rotatable bonds is 4. The highest BCUT2D eigenvalue weighted by Gasteiger charge is 2.34. The maximum atomic E-state index is 13.3. The molecule has 7 heteroatoms. The molecule has 1 aromatic heterocycles. The van der Waals surface area contributed by atoms with E-state index in [4.69, 9.17) is 0 Å². The highest BCUT2D eigenvalue weighted by atomic mass is 32.2. The highest BCUT2D eigenvalue weighted by molar-refractivity contribution is 7.91. The molecule has 1 unspecified atom stereocenters. The van der Waals surface area contributed by atoms with Gasteiger partial charge in [-0.25, -0.2) is 13.1 Å². The Kier molecular flexibility index (Phi) is 4.77. The molecule has 0 saturated carbocycles. The fraction of sp³-hybridized carbons (Fsp3) is 0.238. The van der Waals surface area contributed by atoms with E-state index < -0.39 is 9.84 Å². The Hall–Kier alpha value is -2.93. The molecule has 1 aliphatic rings. The molecule has 3 aromatic rings. The monoisotopic (exact) mass is 395 g/mol. The van der Waals surface area contributed by atoms with Crippen LogP contribution in [-0.4, -0.2) is 53.6 Å². The molecule has 28 heavy (non-hydrogen) atoms. The molecule has 0 N–H and O–H groups in total. The van der Waals surface area contributed by atoms with Crippen molar-refractivity contribution in [2.75, 3.05) is 18.6 Å². The number of hydrogen-bond donors (Lipinski definition) is 0. The van der Waals surface area contributed by atoms with E-state index in [9.17, 15) is 13.2 Å². The number of nitrogens with zero attached hydrogens (tertiary/aromatic N) is 3. The zero-order valence-electron chi connectivity index (χ0n) is 15.5. The SMILES string of the molecule is CN(C(=O)c1cc(-c2ccccc2)nn1-c1ccccc1)C1CCS(=O)(=O)C1. The zero-order valence-corrected chi connectivity index (χ0v) is 16.3. The molecule has 0 aliphatic carbocycles. The van der Waals surface area contributed by atoms with Crippen molar-refractivity contribution in [3.63, 3.8) is 0 Å². The molecule has 1 fully saturated rings. The molecule has 1 atom stereocenters. The molecule has 6 nitrogen and oxygen atoms in total. The molecule has 2 heterocycles. The first-order valence-corrected chi connectivity index (χ1v) is 11.0. The summed E-state index contributed by atoms with van der Waals surface area (Å²) in [5.74, 6) is -0.0939. The molecular formula is C21H21N3O3S. The second kappa shape index (κ2) is 7.24. The van der Waals surface area contributed by atoms with Crippen molar-refractivity contribution in [1.82, 2.24) is 14.7 Å². The number of carbonyl (C=O) groups excluding carboxylic acids is 1. The van der Waals surface area contributed by atoms with Crippen molar-refractivity contribution < 1.29 is 13.2 Å². The number of benzene rings is 2. The molecule has 0 spiro atoms. The minimum atomic E-state index is -3.07. The summed E-state index contributed by atoms with van der Waals surface area (Å²) in [6, 6.07) is 20.6. The molecule has 144 valence electrons. The van der Waals surface area contributed by atoms with Crippen molar-refractivity contribution in [3.8, 4) is 16.9 Å². The van der Waals surface area contributed by atoms with Crippen LogP contribution in [0, 0.1) is 0 Å². The van der Waals surface area contributed by atoms with Crippen molar-refractivity contribution in [2.24, 2.45) is 0 Å². The van der Waals surface area contributed by atoms with Crippen LogP contribution in [0.2, 0.25) is 0 Å². The summed E-state index contributed by atoms with van der Waals surface area (Å²) >= 11 is 0. The largest absolute Gasteiger partial charge is 0.336 e.